The van der Waals surface area contributed by atoms with Gasteiger partial charge >= 0.3 is 0 Å². The highest BCUT2D eigenvalue weighted by molar-refractivity contribution is 7.14. The van der Waals surface area contributed by atoms with Crippen molar-refractivity contribution in [2.45, 2.75) is 18.2 Å². The molecule has 0 saturated carbocycles. The zero-order valence-electron chi connectivity index (χ0n) is 7.10. The van der Waals surface area contributed by atoms with Crippen LogP contribution in [0.5, 0.6) is 0 Å². The lowest BCUT2D eigenvalue weighted by Gasteiger charge is -2.11. The summed E-state index contributed by atoms with van der Waals surface area (Å²) in [4.78, 5) is 15.3. The molecule has 72 valence electrons. The van der Waals surface area contributed by atoms with Gasteiger partial charge in [-0.15, -0.1) is 11.3 Å². The molecular formula is C7H8Cl2N2OS. The van der Waals surface area contributed by atoms with Crippen molar-refractivity contribution in [3.8, 4) is 0 Å². The Labute approximate surface area is 90.1 Å². The van der Waals surface area contributed by atoms with Gasteiger partial charge in [-0.05, 0) is 13.8 Å². The Morgan fingerprint density at radius 3 is 2.69 bits per heavy atom. The molecule has 1 aromatic heterocycles. The molecule has 0 saturated heterocycles. The maximum atomic E-state index is 11.3. The summed E-state index contributed by atoms with van der Waals surface area (Å²) in [7, 11) is 0. The molecule has 1 aromatic rings. The van der Waals surface area contributed by atoms with Crippen molar-refractivity contribution < 1.29 is 4.79 Å². The molecule has 0 fully saturated rings. The van der Waals surface area contributed by atoms with E-state index in [1.807, 2.05) is 0 Å². The Kier molecular flexibility index (Phi) is 3.16. The maximum absolute atomic E-state index is 11.3. The van der Waals surface area contributed by atoms with Crippen LogP contribution in [0.15, 0.2) is 5.51 Å². The fourth-order valence-corrected chi connectivity index (χ4v) is 1.42. The number of hydrogen-bond donors (Lipinski definition) is 1. The second kappa shape index (κ2) is 3.82. The van der Waals surface area contributed by atoms with E-state index in [0.717, 1.165) is 5.69 Å². The second-order valence-electron chi connectivity index (χ2n) is 2.61. The summed E-state index contributed by atoms with van der Waals surface area (Å²) in [6, 6.07) is 0. The normalized spacial score (nSPS) is 11.4. The second-order valence-corrected chi connectivity index (χ2v) is 5.17. The van der Waals surface area contributed by atoms with Crippen LogP contribution in [0.3, 0.4) is 0 Å². The van der Waals surface area contributed by atoms with Gasteiger partial charge in [-0.3, -0.25) is 4.79 Å². The highest BCUT2D eigenvalue weighted by atomic mass is 35.5. The molecule has 0 bridgehead atoms. The number of aromatic nitrogens is 1. The number of carbonyl (C=O) groups excluding carboxylic acids is 1. The molecule has 0 radical (unpaired) electrons. The molecule has 1 heterocycles. The van der Waals surface area contributed by atoms with Gasteiger partial charge in [-0.1, -0.05) is 23.2 Å². The van der Waals surface area contributed by atoms with Gasteiger partial charge in [0.15, 0.2) is 4.33 Å². The summed E-state index contributed by atoms with van der Waals surface area (Å²) in [5.74, 6) is -0.441. The molecule has 0 spiro atoms. The van der Waals surface area contributed by atoms with Crippen molar-refractivity contribution in [2.24, 2.45) is 0 Å². The van der Waals surface area contributed by atoms with Crippen LogP contribution in [-0.2, 0) is 4.79 Å². The first-order chi connectivity index (χ1) is 5.91. The third-order valence-electron chi connectivity index (χ3n) is 1.37. The number of thiazole rings is 1. The number of nitrogens with one attached hydrogen (secondary N) is 1. The van der Waals surface area contributed by atoms with E-state index < -0.39 is 10.2 Å². The van der Waals surface area contributed by atoms with E-state index in [1.54, 1.807) is 12.4 Å². The Bertz CT molecular complexity index is 319. The van der Waals surface area contributed by atoms with Crippen LogP contribution in [0, 0.1) is 6.92 Å². The van der Waals surface area contributed by atoms with E-state index in [-0.39, 0.29) is 0 Å². The zero-order valence-corrected chi connectivity index (χ0v) is 9.43. The molecule has 1 rings (SSSR count). The average Bonchev–Trinajstić information content (AvgIpc) is 2.34. The Morgan fingerprint density at radius 2 is 2.31 bits per heavy atom. The highest BCUT2D eigenvalue weighted by Crippen LogP contribution is 2.25. The van der Waals surface area contributed by atoms with Gasteiger partial charge in [0.25, 0.3) is 5.91 Å². The molecule has 1 amide bonds. The smallest absolute Gasteiger partial charge is 0.261 e. The summed E-state index contributed by atoms with van der Waals surface area (Å²) in [5.41, 5.74) is 2.40. The molecule has 6 heteroatoms. The number of alkyl halides is 2. The van der Waals surface area contributed by atoms with Crippen LogP contribution in [0.2, 0.25) is 0 Å². The highest BCUT2D eigenvalue weighted by Gasteiger charge is 2.27. The quantitative estimate of drug-likeness (QED) is 0.806. The number of hydrogen-bond acceptors (Lipinski definition) is 3. The summed E-state index contributed by atoms with van der Waals surface area (Å²) in [6.45, 7) is 3.22. The molecule has 13 heavy (non-hydrogen) atoms. The average molecular weight is 239 g/mol. The van der Waals surface area contributed by atoms with E-state index >= 15 is 0 Å². The zero-order chi connectivity index (χ0) is 10.1. The number of carbonyl (C=O) groups is 1. The van der Waals surface area contributed by atoms with Crippen molar-refractivity contribution in [1.82, 2.24) is 4.98 Å². The molecular weight excluding hydrogens is 231 g/mol. The van der Waals surface area contributed by atoms with E-state index in [9.17, 15) is 4.79 Å². The fourth-order valence-electron chi connectivity index (χ4n) is 0.635. The monoisotopic (exact) mass is 238 g/mol. The molecule has 0 unspecified atom stereocenters. The largest absolute Gasteiger partial charge is 0.314 e. The first kappa shape index (κ1) is 10.8. The van der Waals surface area contributed by atoms with Gasteiger partial charge in [-0.25, -0.2) is 4.98 Å². The molecule has 3 nitrogen and oxygen atoms in total. The number of halogens is 2. The standard InChI is InChI=1S/C7H8Cl2N2OS/c1-4-5(13-3-10-4)11-6(12)7(2,8)9/h3H,1-2H3,(H,11,12). The van der Waals surface area contributed by atoms with Crippen LogP contribution >= 0.6 is 34.5 Å². The molecule has 0 aromatic carbocycles. The molecule has 0 aliphatic rings. The van der Waals surface area contributed by atoms with E-state index in [4.69, 9.17) is 23.2 Å². The van der Waals surface area contributed by atoms with Gasteiger partial charge in [0.05, 0.1) is 11.2 Å². The lowest BCUT2D eigenvalue weighted by atomic mass is 10.4. The van der Waals surface area contributed by atoms with Crippen molar-refractivity contribution in [1.29, 1.82) is 0 Å². The minimum atomic E-state index is -1.41. The molecule has 0 aliphatic heterocycles. The first-order valence-corrected chi connectivity index (χ1v) is 5.14. The SMILES string of the molecule is Cc1ncsc1NC(=O)C(C)(Cl)Cl. The van der Waals surface area contributed by atoms with Gasteiger partial charge in [0, 0.05) is 0 Å². The van der Waals surface area contributed by atoms with Crippen LogP contribution < -0.4 is 5.32 Å². The Morgan fingerprint density at radius 1 is 1.69 bits per heavy atom. The van der Waals surface area contributed by atoms with Crippen molar-refractivity contribution in [3.05, 3.63) is 11.2 Å². The van der Waals surface area contributed by atoms with Gasteiger partial charge in [0.2, 0.25) is 0 Å². The molecule has 1 N–H and O–H groups in total. The van der Waals surface area contributed by atoms with Gasteiger partial charge in [0.1, 0.15) is 5.00 Å². The Hall–Kier alpha value is -0.320. The molecule has 0 aliphatic carbocycles. The topological polar surface area (TPSA) is 42.0 Å². The number of aryl methyl sites for hydroxylation is 1. The number of anilines is 1. The van der Waals surface area contributed by atoms with E-state index in [2.05, 4.69) is 10.3 Å². The first-order valence-electron chi connectivity index (χ1n) is 3.50. The number of rotatable bonds is 2. The van der Waals surface area contributed by atoms with Crippen molar-refractivity contribution >= 4 is 45.4 Å². The van der Waals surface area contributed by atoms with Gasteiger partial charge < -0.3 is 5.32 Å². The van der Waals surface area contributed by atoms with Crippen LogP contribution in [0.25, 0.3) is 0 Å². The summed E-state index contributed by atoms with van der Waals surface area (Å²) >= 11 is 12.5. The third kappa shape index (κ3) is 2.83. The summed E-state index contributed by atoms with van der Waals surface area (Å²) in [6.07, 6.45) is 0. The lowest BCUT2D eigenvalue weighted by molar-refractivity contribution is -0.116. The minimum Gasteiger partial charge on any atom is -0.314 e. The lowest BCUT2D eigenvalue weighted by Crippen LogP contribution is -2.29. The number of nitrogens with zero attached hydrogens (tertiary/aromatic N) is 1. The minimum absolute atomic E-state index is 0.441. The van der Waals surface area contributed by atoms with Crippen LogP contribution in [0.4, 0.5) is 5.00 Å². The summed E-state index contributed by atoms with van der Waals surface area (Å²) < 4.78 is -1.41. The van der Waals surface area contributed by atoms with E-state index in [0.29, 0.717) is 5.00 Å². The third-order valence-corrected chi connectivity index (χ3v) is 2.56. The van der Waals surface area contributed by atoms with E-state index in [1.165, 1.54) is 18.3 Å². The predicted octanol–water partition coefficient (Wildman–Crippen LogP) is 2.58. The van der Waals surface area contributed by atoms with Crippen LogP contribution in [0.1, 0.15) is 12.6 Å². The maximum Gasteiger partial charge on any atom is 0.261 e. The molecule has 0 atom stereocenters. The van der Waals surface area contributed by atoms with Gasteiger partial charge in [-0.2, -0.15) is 0 Å². The van der Waals surface area contributed by atoms with Crippen LogP contribution in [-0.4, -0.2) is 15.2 Å². The summed E-state index contributed by atoms with van der Waals surface area (Å²) in [5, 5.41) is 3.26. The van der Waals surface area contributed by atoms with Crippen molar-refractivity contribution in [3.63, 3.8) is 0 Å². The predicted molar refractivity (Wildman–Crippen MR) is 55.6 cm³/mol. The number of amides is 1. The Balaban J connectivity index is 2.71. The fraction of sp³-hybridized carbons (Fsp3) is 0.429. The van der Waals surface area contributed by atoms with Crippen molar-refractivity contribution in [2.75, 3.05) is 5.32 Å².